The second-order valence-corrected chi connectivity index (χ2v) is 4.91. The van der Waals surface area contributed by atoms with E-state index in [1.165, 1.54) is 5.56 Å². The number of aliphatic hydroxyl groups excluding tert-OH is 1. The van der Waals surface area contributed by atoms with E-state index in [0.29, 0.717) is 5.95 Å². The Kier molecular flexibility index (Phi) is 5.97. The quantitative estimate of drug-likeness (QED) is 0.694. The molecule has 0 saturated heterocycles. The molecule has 5 nitrogen and oxygen atoms in total. The van der Waals surface area contributed by atoms with Crippen molar-refractivity contribution >= 4 is 11.8 Å². The molecule has 1 aromatic heterocycles. The molecule has 3 N–H and O–H groups in total. The summed E-state index contributed by atoms with van der Waals surface area (Å²) in [6, 6.07) is 11.8. The monoisotopic (exact) mass is 286 g/mol. The van der Waals surface area contributed by atoms with E-state index in [2.05, 4.69) is 39.7 Å². The molecule has 112 valence electrons. The van der Waals surface area contributed by atoms with Gasteiger partial charge < -0.3 is 15.7 Å². The van der Waals surface area contributed by atoms with E-state index in [0.717, 1.165) is 25.2 Å². The molecule has 0 aliphatic carbocycles. The minimum atomic E-state index is -0.0682. The third-order valence-corrected chi connectivity index (χ3v) is 3.09. The third-order valence-electron chi connectivity index (χ3n) is 3.09. The molecule has 0 radical (unpaired) electrons. The normalized spacial score (nSPS) is 11.9. The van der Waals surface area contributed by atoms with E-state index in [4.69, 9.17) is 0 Å². The molecule has 0 amide bonds. The first-order valence-electron chi connectivity index (χ1n) is 7.30. The van der Waals surface area contributed by atoms with E-state index in [9.17, 15) is 5.11 Å². The Morgan fingerprint density at radius 2 is 2.00 bits per heavy atom. The van der Waals surface area contributed by atoms with Crippen molar-refractivity contribution in [3.63, 3.8) is 0 Å². The number of benzene rings is 1. The number of aromatic nitrogens is 2. The van der Waals surface area contributed by atoms with Crippen LogP contribution in [0.3, 0.4) is 0 Å². The number of aliphatic hydroxyl groups is 1. The van der Waals surface area contributed by atoms with E-state index in [1.54, 1.807) is 6.20 Å². The van der Waals surface area contributed by atoms with Gasteiger partial charge in [-0.2, -0.15) is 4.98 Å². The molecule has 2 aromatic rings. The molecule has 0 saturated carbocycles. The highest BCUT2D eigenvalue weighted by Gasteiger charge is 2.09. The Balaban J connectivity index is 1.98. The molecular weight excluding hydrogens is 264 g/mol. The highest BCUT2D eigenvalue weighted by molar-refractivity contribution is 5.40. The van der Waals surface area contributed by atoms with Crippen molar-refractivity contribution in [2.75, 3.05) is 23.8 Å². The predicted molar refractivity (Wildman–Crippen MR) is 85.5 cm³/mol. The van der Waals surface area contributed by atoms with Gasteiger partial charge in [0, 0.05) is 12.7 Å². The van der Waals surface area contributed by atoms with E-state index in [1.807, 2.05) is 24.3 Å². The highest BCUT2D eigenvalue weighted by atomic mass is 16.3. The molecule has 0 aliphatic rings. The molecule has 0 fully saturated rings. The second-order valence-electron chi connectivity index (χ2n) is 4.91. The lowest BCUT2D eigenvalue weighted by Gasteiger charge is -2.17. The van der Waals surface area contributed by atoms with Crippen LogP contribution in [-0.2, 0) is 6.42 Å². The summed E-state index contributed by atoms with van der Waals surface area (Å²) in [5.41, 5.74) is 1.18. The summed E-state index contributed by atoms with van der Waals surface area (Å²) in [4.78, 5) is 8.56. The van der Waals surface area contributed by atoms with Gasteiger partial charge in [-0.1, -0.05) is 37.3 Å². The Morgan fingerprint density at radius 1 is 1.19 bits per heavy atom. The first-order chi connectivity index (χ1) is 10.3. The maximum atomic E-state index is 9.54. The van der Waals surface area contributed by atoms with E-state index in [-0.39, 0.29) is 12.6 Å². The summed E-state index contributed by atoms with van der Waals surface area (Å²) in [6.45, 7) is 2.99. The van der Waals surface area contributed by atoms with Crippen LogP contribution < -0.4 is 10.6 Å². The molecule has 5 heteroatoms. The topological polar surface area (TPSA) is 70.1 Å². The van der Waals surface area contributed by atoms with Crippen LogP contribution in [0.2, 0.25) is 0 Å². The van der Waals surface area contributed by atoms with Gasteiger partial charge >= 0.3 is 0 Å². The van der Waals surface area contributed by atoms with Crippen molar-refractivity contribution in [3.05, 3.63) is 48.2 Å². The lowest BCUT2D eigenvalue weighted by molar-refractivity contribution is 0.273. The summed E-state index contributed by atoms with van der Waals surface area (Å²) in [5.74, 6) is 1.33. The average molecular weight is 286 g/mol. The fourth-order valence-electron chi connectivity index (χ4n) is 2.03. The van der Waals surface area contributed by atoms with Crippen LogP contribution in [0.25, 0.3) is 0 Å². The summed E-state index contributed by atoms with van der Waals surface area (Å²) in [6.07, 6.45) is 3.48. The number of hydrogen-bond acceptors (Lipinski definition) is 5. The summed E-state index contributed by atoms with van der Waals surface area (Å²) in [5, 5.41) is 15.9. The summed E-state index contributed by atoms with van der Waals surface area (Å²) in [7, 11) is 0. The zero-order valence-corrected chi connectivity index (χ0v) is 12.3. The predicted octanol–water partition coefficient (Wildman–Crippen LogP) is 2.31. The van der Waals surface area contributed by atoms with Gasteiger partial charge in [-0.05, 0) is 24.5 Å². The number of rotatable bonds is 8. The Hall–Kier alpha value is -2.14. The van der Waals surface area contributed by atoms with Gasteiger partial charge in [-0.3, -0.25) is 0 Å². The largest absolute Gasteiger partial charge is 0.394 e. The standard InChI is InChI=1S/C16H22N4O/c1-2-9-17-16-18-10-8-15(20-16)19-14(12-21)11-13-6-4-3-5-7-13/h3-8,10,14,21H,2,9,11-12H2,1H3,(H2,17,18,19,20). The highest BCUT2D eigenvalue weighted by Crippen LogP contribution is 2.10. The lowest BCUT2D eigenvalue weighted by Crippen LogP contribution is -2.27. The Bertz CT molecular complexity index is 533. The Labute approximate surface area is 125 Å². The van der Waals surface area contributed by atoms with Gasteiger partial charge in [0.25, 0.3) is 0 Å². The summed E-state index contributed by atoms with van der Waals surface area (Å²) >= 11 is 0. The van der Waals surface area contributed by atoms with Crippen molar-refractivity contribution in [3.8, 4) is 0 Å². The number of hydrogen-bond donors (Lipinski definition) is 3. The van der Waals surface area contributed by atoms with Crippen LogP contribution in [0.5, 0.6) is 0 Å². The lowest BCUT2D eigenvalue weighted by atomic mass is 10.1. The van der Waals surface area contributed by atoms with Crippen molar-refractivity contribution in [2.24, 2.45) is 0 Å². The molecule has 0 spiro atoms. The second kappa shape index (κ2) is 8.21. The van der Waals surface area contributed by atoms with Gasteiger partial charge in [-0.15, -0.1) is 0 Å². The minimum absolute atomic E-state index is 0.0522. The van der Waals surface area contributed by atoms with Gasteiger partial charge in [0.2, 0.25) is 5.95 Å². The molecule has 21 heavy (non-hydrogen) atoms. The van der Waals surface area contributed by atoms with Crippen LogP contribution >= 0.6 is 0 Å². The molecule has 1 aromatic carbocycles. The zero-order chi connectivity index (χ0) is 14.9. The fourth-order valence-corrected chi connectivity index (χ4v) is 2.03. The van der Waals surface area contributed by atoms with E-state index < -0.39 is 0 Å². The maximum absolute atomic E-state index is 9.54. The maximum Gasteiger partial charge on any atom is 0.224 e. The van der Waals surface area contributed by atoms with E-state index >= 15 is 0 Å². The molecule has 1 unspecified atom stereocenters. The first-order valence-corrected chi connectivity index (χ1v) is 7.30. The number of nitrogens with zero attached hydrogens (tertiary/aromatic N) is 2. The number of anilines is 2. The average Bonchev–Trinajstić information content (AvgIpc) is 2.53. The van der Waals surface area contributed by atoms with Gasteiger partial charge in [-0.25, -0.2) is 4.98 Å². The van der Waals surface area contributed by atoms with Crippen molar-refractivity contribution in [1.29, 1.82) is 0 Å². The van der Waals surface area contributed by atoms with Crippen LogP contribution in [0.1, 0.15) is 18.9 Å². The molecule has 0 aliphatic heterocycles. The van der Waals surface area contributed by atoms with Crippen LogP contribution in [0.15, 0.2) is 42.6 Å². The van der Waals surface area contributed by atoms with Crippen LogP contribution in [-0.4, -0.2) is 34.3 Å². The van der Waals surface area contributed by atoms with Gasteiger partial charge in [0.05, 0.1) is 12.6 Å². The number of nitrogens with one attached hydrogen (secondary N) is 2. The Morgan fingerprint density at radius 3 is 2.71 bits per heavy atom. The van der Waals surface area contributed by atoms with Crippen molar-refractivity contribution in [2.45, 2.75) is 25.8 Å². The van der Waals surface area contributed by atoms with Gasteiger partial charge in [0.15, 0.2) is 0 Å². The fraction of sp³-hybridized carbons (Fsp3) is 0.375. The van der Waals surface area contributed by atoms with Crippen molar-refractivity contribution < 1.29 is 5.11 Å². The zero-order valence-electron chi connectivity index (χ0n) is 12.3. The van der Waals surface area contributed by atoms with Crippen LogP contribution in [0, 0.1) is 0 Å². The van der Waals surface area contributed by atoms with Crippen LogP contribution in [0.4, 0.5) is 11.8 Å². The molecule has 1 atom stereocenters. The molecular formula is C16H22N4O. The van der Waals surface area contributed by atoms with Crippen molar-refractivity contribution in [1.82, 2.24) is 9.97 Å². The van der Waals surface area contributed by atoms with Gasteiger partial charge in [0.1, 0.15) is 5.82 Å². The molecule has 0 bridgehead atoms. The third kappa shape index (κ3) is 5.04. The molecule has 1 heterocycles. The SMILES string of the molecule is CCCNc1nccc(NC(CO)Cc2ccccc2)n1. The summed E-state index contributed by atoms with van der Waals surface area (Å²) < 4.78 is 0. The smallest absolute Gasteiger partial charge is 0.224 e. The minimum Gasteiger partial charge on any atom is -0.394 e. The first kappa shape index (κ1) is 15.3. The molecule has 2 rings (SSSR count).